The van der Waals surface area contributed by atoms with Crippen molar-refractivity contribution in [1.29, 1.82) is 0 Å². The van der Waals surface area contributed by atoms with Crippen molar-refractivity contribution in [2.45, 2.75) is 20.0 Å². The third kappa shape index (κ3) is 6.04. The Morgan fingerprint density at radius 1 is 0.933 bits per heavy atom. The van der Waals surface area contributed by atoms with Gasteiger partial charge in [0.15, 0.2) is 0 Å². The van der Waals surface area contributed by atoms with Crippen LogP contribution in [0, 0.1) is 0 Å². The molecule has 0 radical (unpaired) electrons. The molecule has 0 fully saturated rings. The van der Waals surface area contributed by atoms with Crippen LogP contribution in [-0.2, 0) is 11.4 Å². The predicted octanol–water partition coefficient (Wildman–Crippen LogP) is 4.38. The van der Waals surface area contributed by atoms with E-state index in [9.17, 15) is 9.59 Å². The number of hydrogen-bond donors (Lipinski definition) is 2. The minimum atomic E-state index is -0.345. The highest BCUT2D eigenvalue weighted by Crippen LogP contribution is 2.17. The Balaban J connectivity index is 1.58. The molecule has 2 N–H and O–H groups in total. The van der Waals surface area contributed by atoms with Gasteiger partial charge in [-0.1, -0.05) is 49.4 Å². The smallest absolute Gasteiger partial charge is 0.271 e. The number of rotatable bonds is 8. The average Bonchev–Trinajstić information content (AvgIpc) is 2.79. The van der Waals surface area contributed by atoms with Crippen molar-refractivity contribution in [2.75, 3.05) is 5.32 Å². The van der Waals surface area contributed by atoms with Crippen molar-refractivity contribution in [3.8, 4) is 5.75 Å². The molecular weight excluding hydrogens is 378 g/mol. The molecule has 0 aliphatic rings. The largest absolute Gasteiger partial charge is 0.488 e. The maximum Gasteiger partial charge on any atom is 0.271 e. The zero-order chi connectivity index (χ0) is 21.2. The van der Waals surface area contributed by atoms with Gasteiger partial charge in [-0.15, -0.1) is 0 Å². The molecule has 0 saturated carbocycles. The second-order valence-electron chi connectivity index (χ2n) is 6.49. The lowest BCUT2D eigenvalue weighted by molar-refractivity contribution is -0.115. The quantitative estimate of drug-likeness (QED) is 0.434. The summed E-state index contributed by atoms with van der Waals surface area (Å²) in [5, 5.41) is 6.78. The van der Waals surface area contributed by atoms with E-state index in [1.54, 1.807) is 37.4 Å². The predicted molar refractivity (Wildman–Crippen MR) is 118 cm³/mol. The lowest BCUT2D eigenvalue weighted by atomic mass is 10.2. The van der Waals surface area contributed by atoms with Gasteiger partial charge in [0, 0.05) is 23.2 Å². The van der Waals surface area contributed by atoms with E-state index >= 15 is 0 Å². The summed E-state index contributed by atoms with van der Waals surface area (Å²) in [5.41, 5.74) is 5.41. The summed E-state index contributed by atoms with van der Waals surface area (Å²) in [6.45, 7) is 2.22. The fraction of sp³-hybridized carbons (Fsp3) is 0.125. The molecule has 6 heteroatoms. The van der Waals surface area contributed by atoms with Gasteiger partial charge in [0.25, 0.3) is 5.91 Å². The van der Waals surface area contributed by atoms with Crippen LogP contribution >= 0.6 is 0 Å². The van der Waals surface area contributed by atoms with Crippen molar-refractivity contribution >= 4 is 23.7 Å². The van der Waals surface area contributed by atoms with Crippen LogP contribution in [0.25, 0.3) is 0 Å². The van der Waals surface area contributed by atoms with Crippen LogP contribution in [0.4, 0.5) is 5.69 Å². The number of carbonyl (C=O) groups excluding carboxylic acids is 2. The Bertz CT molecular complexity index is 1020. The standard InChI is InChI=1S/C24H23N3O3/c1-2-23(28)26-21-14-12-19(13-15-21)24(29)27-25-16-20-10-6-7-11-22(20)30-17-18-8-4-3-5-9-18/h3-16H,2,17H2,1H3,(H,26,28)(H,27,29)/b25-16-. The van der Waals surface area contributed by atoms with Crippen LogP contribution in [0.15, 0.2) is 84.0 Å². The minimum Gasteiger partial charge on any atom is -0.488 e. The van der Waals surface area contributed by atoms with Crippen molar-refractivity contribution in [3.63, 3.8) is 0 Å². The van der Waals surface area contributed by atoms with E-state index in [0.29, 0.717) is 30.0 Å². The van der Waals surface area contributed by atoms with Gasteiger partial charge in [-0.25, -0.2) is 5.43 Å². The number of benzene rings is 3. The van der Waals surface area contributed by atoms with Crippen molar-refractivity contribution in [3.05, 3.63) is 95.6 Å². The summed E-state index contributed by atoms with van der Waals surface area (Å²) in [5.74, 6) is 0.252. The molecule has 0 unspecified atom stereocenters. The zero-order valence-electron chi connectivity index (χ0n) is 16.7. The van der Waals surface area contributed by atoms with Crippen LogP contribution in [0.2, 0.25) is 0 Å². The second-order valence-corrected chi connectivity index (χ2v) is 6.49. The van der Waals surface area contributed by atoms with E-state index in [-0.39, 0.29) is 11.8 Å². The average molecular weight is 401 g/mol. The van der Waals surface area contributed by atoms with Gasteiger partial charge < -0.3 is 10.1 Å². The molecule has 0 aliphatic heterocycles. The summed E-state index contributed by atoms with van der Waals surface area (Å²) in [6.07, 6.45) is 1.95. The molecule has 0 bridgehead atoms. The fourth-order valence-electron chi connectivity index (χ4n) is 2.63. The topological polar surface area (TPSA) is 79.8 Å². The monoisotopic (exact) mass is 401 g/mol. The number of nitrogens with one attached hydrogen (secondary N) is 2. The van der Waals surface area contributed by atoms with E-state index in [4.69, 9.17) is 4.74 Å². The first kappa shape index (κ1) is 20.8. The molecule has 3 rings (SSSR count). The van der Waals surface area contributed by atoms with Gasteiger partial charge in [-0.3, -0.25) is 9.59 Å². The van der Waals surface area contributed by atoms with Crippen LogP contribution in [-0.4, -0.2) is 18.0 Å². The third-order valence-corrected chi connectivity index (χ3v) is 4.28. The van der Waals surface area contributed by atoms with E-state index in [0.717, 1.165) is 11.1 Å². The Hall–Kier alpha value is -3.93. The molecule has 2 amide bonds. The highest BCUT2D eigenvalue weighted by atomic mass is 16.5. The minimum absolute atomic E-state index is 0.0787. The normalized spacial score (nSPS) is 10.6. The number of para-hydroxylation sites is 1. The van der Waals surface area contributed by atoms with Crippen LogP contribution in [0.1, 0.15) is 34.8 Å². The van der Waals surface area contributed by atoms with E-state index in [1.165, 1.54) is 0 Å². The Labute approximate surface area is 175 Å². The summed E-state index contributed by atoms with van der Waals surface area (Å²) < 4.78 is 5.88. The SMILES string of the molecule is CCC(=O)Nc1ccc(C(=O)N/N=C\c2ccccc2OCc2ccccc2)cc1. The van der Waals surface area contributed by atoms with E-state index in [2.05, 4.69) is 15.8 Å². The Morgan fingerprint density at radius 3 is 2.37 bits per heavy atom. The molecule has 0 aromatic heterocycles. The Kier molecular flexibility index (Phi) is 7.33. The molecule has 3 aromatic carbocycles. The van der Waals surface area contributed by atoms with Crippen molar-refractivity contribution < 1.29 is 14.3 Å². The maximum absolute atomic E-state index is 12.3. The number of ether oxygens (including phenoxy) is 1. The zero-order valence-corrected chi connectivity index (χ0v) is 16.7. The number of hydrogen-bond acceptors (Lipinski definition) is 4. The third-order valence-electron chi connectivity index (χ3n) is 4.28. The molecule has 152 valence electrons. The van der Waals surface area contributed by atoms with Gasteiger partial charge in [0.1, 0.15) is 12.4 Å². The molecule has 0 spiro atoms. The van der Waals surface area contributed by atoms with Gasteiger partial charge >= 0.3 is 0 Å². The number of nitrogens with zero attached hydrogens (tertiary/aromatic N) is 1. The number of hydrazone groups is 1. The lowest BCUT2D eigenvalue weighted by Crippen LogP contribution is -2.17. The first-order valence-corrected chi connectivity index (χ1v) is 9.65. The lowest BCUT2D eigenvalue weighted by Gasteiger charge is -2.09. The summed E-state index contributed by atoms with van der Waals surface area (Å²) in [4.78, 5) is 23.7. The number of amides is 2. The number of carbonyl (C=O) groups is 2. The summed E-state index contributed by atoms with van der Waals surface area (Å²) >= 11 is 0. The highest BCUT2D eigenvalue weighted by molar-refractivity contribution is 5.96. The molecule has 0 atom stereocenters. The van der Waals surface area contributed by atoms with Gasteiger partial charge in [0.2, 0.25) is 5.91 Å². The van der Waals surface area contributed by atoms with Gasteiger partial charge in [0.05, 0.1) is 6.21 Å². The molecule has 0 saturated heterocycles. The fourth-order valence-corrected chi connectivity index (χ4v) is 2.63. The van der Waals surface area contributed by atoms with Crippen LogP contribution < -0.4 is 15.5 Å². The van der Waals surface area contributed by atoms with E-state index in [1.807, 2.05) is 54.6 Å². The van der Waals surface area contributed by atoms with Crippen molar-refractivity contribution in [2.24, 2.45) is 5.10 Å². The highest BCUT2D eigenvalue weighted by Gasteiger charge is 2.06. The first-order valence-electron chi connectivity index (χ1n) is 9.65. The van der Waals surface area contributed by atoms with Gasteiger partial charge in [-0.2, -0.15) is 5.10 Å². The van der Waals surface area contributed by atoms with Crippen molar-refractivity contribution in [1.82, 2.24) is 5.43 Å². The Morgan fingerprint density at radius 2 is 1.63 bits per heavy atom. The molecule has 30 heavy (non-hydrogen) atoms. The molecule has 0 heterocycles. The molecule has 6 nitrogen and oxygen atoms in total. The van der Waals surface area contributed by atoms with Crippen LogP contribution in [0.3, 0.4) is 0 Å². The summed E-state index contributed by atoms with van der Waals surface area (Å²) in [6, 6.07) is 24.0. The van der Waals surface area contributed by atoms with Crippen LogP contribution in [0.5, 0.6) is 5.75 Å². The van der Waals surface area contributed by atoms with Gasteiger partial charge in [-0.05, 0) is 42.0 Å². The first-order chi connectivity index (χ1) is 14.7. The number of anilines is 1. The maximum atomic E-state index is 12.3. The second kappa shape index (κ2) is 10.6. The van der Waals surface area contributed by atoms with E-state index < -0.39 is 0 Å². The molecular formula is C24H23N3O3. The molecule has 3 aromatic rings. The molecule has 0 aliphatic carbocycles. The summed E-state index contributed by atoms with van der Waals surface area (Å²) in [7, 11) is 0.